The molecule has 0 saturated heterocycles. The van der Waals surface area contributed by atoms with Gasteiger partial charge in [0, 0.05) is 38.4 Å². The first-order valence-electron chi connectivity index (χ1n) is 10.1. The van der Waals surface area contributed by atoms with Crippen molar-refractivity contribution in [2.45, 2.75) is 27.7 Å². The van der Waals surface area contributed by atoms with Crippen molar-refractivity contribution in [3.05, 3.63) is 45.9 Å². The Hall–Kier alpha value is -1.88. The molecule has 3 N–H and O–H groups in total. The molecule has 30 heavy (non-hydrogen) atoms. The van der Waals surface area contributed by atoms with Gasteiger partial charge in [0.2, 0.25) is 0 Å². The van der Waals surface area contributed by atoms with E-state index in [0.29, 0.717) is 18.0 Å². The molecule has 1 aromatic heterocycles. The number of guanidine groups is 1. The zero-order valence-corrected chi connectivity index (χ0v) is 21.3. The van der Waals surface area contributed by atoms with E-state index in [9.17, 15) is 4.79 Å². The highest BCUT2D eigenvalue weighted by atomic mass is 127. The number of benzene rings is 1. The number of amides is 1. The number of aliphatic imine (C=N–C) groups is 1. The van der Waals surface area contributed by atoms with Crippen LogP contribution >= 0.6 is 35.3 Å². The average molecular weight is 545 g/mol. The molecule has 9 heteroatoms. The van der Waals surface area contributed by atoms with Crippen LogP contribution in [0, 0.1) is 13.8 Å². The van der Waals surface area contributed by atoms with Crippen LogP contribution in [-0.4, -0.2) is 56.1 Å². The zero-order chi connectivity index (χ0) is 21.1. The van der Waals surface area contributed by atoms with E-state index in [4.69, 9.17) is 0 Å². The number of hydrogen-bond acceptors (Lipinski definition) is 5. The van der Waals surface area contributed by atoms with Crippen LogP contribution in [-0.2, 0) is 0 Å². The van der Waals surface area contributed by atoms with E-state index < -0.39 is 0 Å². The first-order chi connectivity index (χ1) is 14.0. The third-order valence-electron chi connectivity index (χ3n) is 4.39. The zero-order valence-electron chi connectivity index (χ0n) is 18.2. The molecule has 0 spiro atoms. The number of rotatable bonds is 10. The van der Waals surface area contributed by atoms with Crippen LogP contribution in [0.2, 0.25) is 0 Å². The third-order valence-corrected chi connectivity index (χ3v) is 5.31. The molecule has 2 aromatic rings. The number of likely N-dealkylation sites (N-methyl/N-ethyl adjacent to an activating group) is 1. The summed E-state index contributed by atoms with van der Waals surface area (Å²) in [6.07, 6.45) is 0. The Kier molecular flexibility index (Phi) is 12.4. The smallest absolute Gasteiger partial charge is 0.263 e. The Morgan fingerprint density at radius 2 is 1.97 bits per heavy atom. The Morgan fingerprint density at radius 1 is 1.17 bits per heavy atom. The first kappa shape index (κ1) is 26.2. The minimum atomic E-state index is -0.0881. The predicted octanol–water partition coefficient (Wildman–Crippen LogP) is 3.19. The lowest BCUT2D eigenvalue weighted by molar-refractivity contribution is 0.0958. The van der Waals surface area contributed by atoms with Gasteiger partial charge in [-0.05, 0) is 45.4 Å². The Balaban J connectivity index is 0.00000450. The molecule has 1 aromatic carbocycles. The summed E-state index contributed by atoms with van der Waals surface area (Å²) in [5.74, 6) is 0.672. The average Bonchev–Trinajstić information content (AvgIpc) is 3.14. The summed E-state index contributed by atoms with van der Waals surface area (Å²) in [6, 6.07) is 8.55. The molecule has 0 aliphatic heterocycles. The van der Waals surface area contributed by atoms with E-state index in [1.54, 1.807) is 5.51 Å². The molecule has 0 aliphatic carbocycles. The molecule has 2 rings (SSSR count). The van der Waals surface area contributed by atoms with E-state index in [1.807, 2.05) is 13.8 Å². The van der Waals surface area contributed by atoms with Crippen LogP contribution in [0.5, 0.6) is 0 Å². The van der Waals surface area contributed by atoms with Gasteiger partial charge in [-0.15, -0.1) is 35.3 Å². The van der Waals surface area contributed by atoms with Crippen LogP contribution in [0.25, 0.3) is 0 Å². The van der Waals surface area contributed by atoms with Gasteiger partial charge in [0.05, 0.1) is 17.7 Å². The number of carbonyl (C=O) groups excluding carboxylic acids is 1. The number of aryl methyl sites for hydroxylation is 2. The van der Waals surface area contributed by atoms with Crippen molar-refractivity contribution in [2.75, 3.05) is 44.2 Å². The summed E-state index contributed by atoms with van der Waals surface area (Å²) in [6.45, 7) is 12.5. The summed E-state index contributed by atoms with van der Waals surface area (Å²) in [5, 5.41) is 9.51. The molecule has 0 saturated carbocycles. The second-order valence-electron chi connectivity index (χ2n) is 6.63. The molecular formula is C21H33IN6OS. The fourth-order valence-corrected chi connectivity index (χ4v) is 3.60. The molecular weight excluding hydrogens is 511 g/mol. The number of thiazole rings is 1. The highest BCUT2D eigenvalue weighted by Gasteiger charge is 2.10. The highest BCUT2D eigenvalue weighted by Crippen LogP contribution is 2.15. The lowest BCUT2D eigenvalue weighted by Crippen LogP contribution is -2.42. The molecule has 0 aliphatic rings. The minimum absolute atomic E-state index is 0. The van der Waals surface area contributed by atoms with Crippen molar-refractivity contribution in [1.29, 1.82) is 0 Å². The summed E-state index contributed by atoms with van der Waals surface area (Å²) in [5.41, 5.74) is 4.95. The van der Waals surface area contributed by atoms with E-state index in [0.717, 1.165) is 37.8 Å². The standard InChI is InChI=1S/C21H32N6OS.HI/c1-5-22-21(24-11-10-23-20(28)19-17(4)26-15-29-19)25-12-13-27(6-2)18-9-7-8-16(3)14-18;/h7-9,14-15H,5-6,10-13H2,1-4H3,(H,23,28)(H2,22,24,25);1H. The number of carbonyl (C=O) groups is 1. The number of aromatic nitrogens is 1. The maximum absolute atomic E-state index is 12.1. The second kappa shape index (κ2) is 14.2. The fraction of sp³-hybridized carbons (Fsp3) is 0.476. The van der Waals surface area contributed by atoms with Crippen molar-refractivity contribution in [3.63, 3.8) is 0 Å². The van der Waals surface area contributed by atoms with Crippen molar-refractivity contribution < 1.29 is 4.79 Å². The molecule has 1 heterocycles. The summed E-state index contributed by atoms with van der Waals surface area (Å²) in [7, 11) is 0. The van der Waals surface area contributed by atoms with Crippen LogP contribution in [0.1, 0.15) is 34.8 Å². The van der Waals surface area contributed by atoms with Gasteiger partial charge in [0.1, 0.15) is 4.88 Å². The third kappa shape index (κ3) is 8.47. The highest BCUT2D eigenvalue weighted by molar-refractivity contribution is 14.0. The van der Waals surface area contributed by atoms with Gasteiger partial charge < -0.3 is 20.9 Å². The quantitative estimate of drug-likeness (QED) is 0.185. The minimum Gasteiger partial charge on any atom is -0.370 e. The molecule has 0 unspecified atom stereocenters. The maximum atomic E-state index is 12.1. The van der Waals surface area contributed by atoms with Gasteiger partial charge in [-0.1, -0.05) is 12.1 Å². The maximum Gasteiger partial charge on any atom is 0.263 e. The van der Waals surface area contributed by atoms with Crippen LogP contribution in [0.15, 0.2) is 34.8 Å². The van der Waals surface area contributed by atoms with Gasteiger partial charge in [-0.2, -0.15) is 0 Å². The molecule has 0 radical (unpaired) electrons. The predicted molar refractivity (Wildman–Crippen MR) is 138 cm³/mol. The monoisotopic (exact) mass is 544 g/mol. The number of nitrogens with zero attached hydrogens (tertiary/aromatic N) is 3. The summed E-state index contributed by atoms with van der Waals surface area (Å²) >= 11 is 1.36. The normalized spacial score (nSPS) is 10.9. The number of nitrogens with one attached hydrogen (secondary N) is 3. The molecule has 0 fully saturated rings. The largest absolute Gasteiger partial charge is 0.370 e. The van der Waals surface area contributed by atoms with E-state index in [2.05, 4.69) is 68.9 Å². The molecule has 166 valence electrons. The van der Waals surface area contributed by atoms with E-state index in [1.165, 1.54) is 22.6 Å². The van der Waals surface area contributed by atoms with Gasteiger partial charge >= 0.3 is 0 Å². The Bertz CT molecular complexity index is 810. The van der Waals surface area contributed by atoms with Crippen molar-refractivity contribution in [1.82, 2.24) is 20.9 Å². The van der Waals surface area contributed by atoms with Crippen molar-refractivity contribution in [3.8, 4) is 0 Å². The van der Waals surface area contributed by atoms with E-state index >= 15 is 0 Å². The molecule has 1 amide bonds. The SMILES string of the molecule is CCNC(=NCCNC(=O)c1scnc1C)NCCN(CC)c1cccc(C)c1.I. The number of halogens is 1. The van der Waals surface area contributed by atoms with Crippen LogP contribution in [0.3, 0.4) is 0 Å². The summed E-state index contributed by atoms with van der Waals surface area (Å²) in [4.78, 5) is 23.8. The molecule has 0 bridgehead atoms. The van der Waals surface area contributed by atoms with Gasteiger partial charge in [0.25, 0.3) is 5.91 Å². The second-order valence-corrected chi connectivity index (χ2v) is 7.48. The Morgan fingerprint density at radius 3 is 2.60 bits per heavy atom. The van der Waals surface area contributed by atoms with Crippen LogP contribution < -0.4 is 20.9 Å². The number of hydrogen-bond donors (Lipinski definition) is 3. The number of anilines is 1. The van der Waals surface area contributed by atoms with Gasteiger partial charge in [0.15, 0.2) is 5.96 Å². The van der Waals surface area contributed by atoms with Crippen molar-refractivity contribution >= 4 is 52.9 Å². The lowest BCUT2D eigenvalue weighted by Gasteiger charge is -2.24. The first-order valence-corrected chi connectivity index (χ1v) is 10.9. The van der Waals surface area contributed by atoms with Crippen molar-refractivity contribution in [2.24, 2.45) is 4.99 Å². The Labute approximate surface area is 200 Å². The fourth-order valence-electron chi connectivity index (χ4n) is 2.88. The molecule has 0 atom stereocenters. The van der Waals surface area contributed by atoms with E-state index in [-0.39, 0.29) is 29.9 Å². The lowest BCUT2D eigenvalue weighted by atomic mass is 10.2. The molecule has 7 nitrogen and oxygen atoms in total. The van der Waals surface area contributed by atoms with Gasteiger partial charge in [-0.25, -0.2) is 4.98 Å². The van der Waals surface area contributed by atoms with Gasteiger partial charge in [-0.3, -0.25) is 9.79 Å². The summed E-state index contributed by atoms with van der Waals surface area (Å²) < 4.78 is 0. The van der Waals surface area contributed by atoms with Crippen LogP contribution in [0.4, 0.5) is 5.69 Å². The topological polar surface area (TPSA) is 81.6 Å².